The minimum absolute atomic E-state index is 0.0156. The van der Waals surface area contributed by atoms with Gasteiger partial charge in [-0.15, -0.1) is 0 Å². The van der Waals surface area contributed by atoms with Gasteiger partial charge in [0, 0.05) is 30.4 Å². The summed E-state index contributed by atoms with van der Waals surface area (Å²) in [5.74, 6) is 0.104. The number of benzene rings is 2. The first-order chi connectivity index (χ1) is 22.1. The van der Waals surface area contributed by atoms with Crippen molar-refractivity contribution in [3.63, 3.8) is 0 Å². The molecule has 3 aromatic rings. The van der Waals surface area contributed by atoms with E-state index in [9.17, 15) is 23.1 Å². The fourth-order valence-electron chi connectivity index (χ4n) is 6.00. The summed E-state index contributed by atoms with van der Waals surface area (Å²) >= 11 is 0. The fraction of sp³-hybridized carbons (Fsp3) is 0.514. The topological polar surface area (TPSA) is 109 Å². The van der Waals surface area contributed by atoms with Gasteiger partial charge in [0.15, 0.2) is 0 Å². The fourth-order valence-corrected chi connectivity index (χ4v) is 6.00. The number of anilines is 4. The van der Waals surface area contributed by atoms with Gasteiger partial charge < -0.3 is 30.1 Å². The number of para-hydroxylation sites is 1. The van der Waals surface area contributed by atoms with E-state index in [2.05, 4.69) is 20.6 Å². The van der Waals surface area contributed by atoms with Crippen molar-refractivity contribution in [3.05, 3.63) is 64.8 Å². The minimum atomic E-state index is -4.72. The van der Waals surface area contributed by atoms with Crippen molar-refractivity contribution in [2.45, 2.75) is 96.4 Å². The Morgan fingerprint density at radius 1 is 1.09 bits per heavy atom. The van der Waals surface area contributed by atoms with E-state index in [-0.39, 0.29) is 36.1 Å². The number of carbonyl (C=O) groups excluding carboxylic acids is 1. The van der Waals surface area contributed by atoms with Gasteiger partial charge in [0.05, 0.1) is 18.4 Å². The summed E-state index contributed by atoms with van der Waals surface area (Å²) in [4.78, 5) is 22.6. The standard InChI is InChI=1S/C35H44F3N5O4/c1-21(2)46-29-18-24(23-11-15-43(16-12-23)32(45)47-33(4,5)6)22(3)17-28(29)40-30-26(35(36,37)38)19-39-31(42-30)41-27-10-8-7-9-25(27)34(20-44)13-14-34/h7-10,17-19,21,23,44H,11-16,20H2,1-6H3,(H2,39,40,41,42). The molecule has 1 aliphatic heterocycles. The van der Waals surface area contributed by atoms with Crippen molar-refractivity contribution in [1.29, 1.82) is 0 Å². The third-order valence-corrected chi connectivity index (χ3v) is 8.57. The van der Waals surface area contributed by atoms with Crippen molar-refractivity contribution in [2.24, 2.45) is 0 Å². The number of carbonyl (C=O) groups is 1. The number of aromatic nitrogens is 2. The highest BCUT2D eigenvalue weighted by Crippen LogP contribution is 2.50. The zero-order valence-electron chi connectivity index (χ0n) is 27.8. The Balaban J connectivity index is 1.43. The molecule has 1 aromatic heterocycles. The lowest BCUT2D eigenvalue weighted by atomic mass is 9.86. The number of halogens is 3. The molecule has 9 nitrogen and oxygen atoms in total. The van der Waals surface area contributed by atoms with E-state index in [1.807, 2.05) is 65.8 Å². The summed E-state index contributed by atoms with van der Waals surface area (Å²) in [6, 6.07) is 11.0. The number of likely N-dealkylation sites (tertiary alicyclic amines) is 1. The van der Waals surface area contributed by atoms with E-state index < -0.39 is 23.2 Å². The molecule has 254 valence electrons. The maximum atomic E-state index is 14.2. The molecule has 1 saturated carbocycles. The first-order valence-corrected chi connectivity index (χ1v) is 16.1. The monoisotopic (exact) mass is 655 g/mol. The second kappa shape index (κ2) is 13.2. The maximum absolute atomic E-state index is 14.2. The third kappa shape index (κ3) is 8.09. The van der Waals surface area contributed by atoms with Crippen molar-refractivity contribution in [2.75, 3.05) is 30.3 Å². The Morgan fingerprint density at radius 2 is 1.77 bits per heavy atom. The lowest BCUT2D eigenvalue weighted by Gasteiger charge is -2.34. The number of aryl methyl sites for hydroxylation is 1. The first-order valence-electron chi connectivity index (χ1n) is 16.1. The molecule has 47 heavy (non-hydrogen) atoms. The average molecular weight is 656 g/mol. The molecule has 2 aliphatic rings. The van der Waals surface area contributed by atoms with E-state index in [1.165, 1.54) is 0 Å². The van der Waals surface area contributed by atoms with Crippen LogP contribution in [-0.2, 0) is 16.3 Å². The predicted molar refractivity (Wildman–Crippen MR) is 175 cm³/mol. The molecule has 0 bridgehead atoms. The van der Waals surface area contributed by atoms with E-state index in [0.717, 1.165) is 35.7 Å². The molecule has 2 heterocycles. The molecular formula is C35H44F3N5O4. The molecule has 3 N–H and O–H groups in total. The normalized spacial score (nSPS) is 16.6. The molecule has 5 rings (SSSR count). The van der Waals surface area contributed by atoms with E-state index in [1.54, 1.807) is 17.0 Å². The van der Waals surface area contributed by atoms with Crippen molar-refractivity contribution in [3.8, 4) is 5.75 Å². The number of amides is 1. The zero-order chi connectivity index (χ0) is 34.1. The quantitative estimate of drug-likeness (QED) is 0.212. The molecule has 1 amide bonds. The molecule has 1 aliphatic carbocycles. The summed E-state index contributed by atoms with van der Waals surface area (Å²) in [6.07, 6.45) is -1.47. The summed E-state index contributed by atoms with van der Waals surface area (Å²) < 4.78 is 54.3. The minimum Gasteiger partial charge on any atom is -0.489 e. The van der Waals surface area contributed by atoms with Crippen LogP contribution in [0, 0.1) is 6.92 Å². The van der Waals surface area contributed by atoms with Crippen molar-refractivity contribution < 1.29 is 32.5 Å². The number of hydrogen-bond donors (Lipinski definition) is 3. The third-order valence-electron chi connectivity index (χ3n) is 8.57. The van der Waals surface area contributed by atoms with Crippen LogP contribution in [0.25, 0.3) is 0 Å². The van der Waals surface area contributed by atoms with Crippen LogP contribution in [0.2, 0.25) is 0 Å². The number of aliphatic hydroxyl groups excluding tert-OH is 1. The number of ether oxygens (including phenoxy) is 2. The van der Waals surface area contributed by atoms with Gasteiger partial charge in [-0.1, -0.05) is 18.2 Å². The molecule has 2 fully saturated rings. The molecule has 0 unspecified atom stereocenters. The Hall–Kier alpha value is -4.06. The van der Waals surface area contributed by atoms with Gasteiger partial charge in [0.2, 0.25) is 5.95 Å². The number of piperidine rings is 1. The van der Waals surface area contributed by atoms with Crippen LogP contribution in [-0.4, -0.2) is 57.5 Å². The highest BCUT2D eigenvalue weighted by molar-refractivity contribution is 5.71. The molecular weight excluding hydrogens is 611 g/mol. The van der Waals surface area contributed by atoms with Gasteiger partial charge in [-0.3, -0.25) is 0 Å². The highest BCUT2D eigenvalue weighted by atomic mass is 19.4. The van der Waals surface area contributed by atoms with Crippen LogP contribution in [0.4, 0.5) is 41.1 Å². The number of nitrogens with zero attached hydrogens (tertiary/aromatic N) is 3. The Kier molecular flexibility index (Phi) is 9.64. The van der Waals surface area contributed by atoms with E-state index in [4.69, 9.17) is 9.47 Å². The van der Waals surface area contributed by atoms with Gasteiger partial charge >= 0.3 is 12.3 Å². The Labute approximate surface area is 273 Å². The summed E-state index contributed by atoms with van der Waals surface area (Å²) in [5, 5.41) is 16.0. The lowest BCUT2D eigenvalue weighted by molar-refractivity contribution is -0.137. The van der Waals surface area contributed by atoms with Gasteiger partial charge in [-0.2, -0.15) is 18.2 Å². The van der Waals surface area contributed by atoms with Gasteiger partial charge in [0.25, 0.3) is 0 Å². The van der Waals surface area contributed by atoms with Crippen LogP contribution >= 0.6 is 0 Å². The zero-order valence-corrected chi connectivity index (χ0v) is 27.8. The van der Waals surface area contributed by atoms with Crippen LogP contribution in [0.15, 0.2) is 42.6 Å². The number of aliphatic hydroxyl groups is 1. The first kappa shape index (κ1) is 34.3. The number of hydrogen-bond acceptors (Lipinski definition) is 8. The highest BCUT2D eigenvalue weighted by Gasteiger charge is 2.45. The largest absolute Gasteiger partial charge is 0.489 e. The second-order valence-electron chi connectivity index (χ2n) is 13.8. The SMILES string of the molecule is Cc1cc(Nc2nc(Nc3ccccc3C3(CO)CC3)ncc2C(F)(F)F)c(OC(C)C)cc1C1CCN(C(=O)OC(C)(C)C)CC1. The van der Waals surface area contributed by atoms with Crippen molar-refractivity contribution in [1.82, 2.24) is 14.9 Å². The Morgan fingerprint density at radius 3 is 2.36 bits per heavy atom. The van der Waals surface area contributed by atoms with Crippen LogP contribution < -0.4 is 15.4 Å². The number of rotatable bonds is 9. The summed E-state index contributed by atoms with van der Waals surface area (Å²) in [7, 11) is 0. The average Bonchev–Trinajstić information content (AvgIpc) is 3.79. The molecule has 0 atom stereocenters. The second-order valence-corrected chi connectivity index (χ2v) is 13.8. The molecule has 2 aromatic carbocycles. The van der Waals surface area contributed by atoms with Gasteiger partial charge in [-0.25, -0.2) is 9.78 Å². The van der Waals surface area contributed by atoms with Crippen LogP contribution in [0.3, 0.4) is 0 Å². The summed E-state index contributed by atoms with van der Waals surface area (Å²) in [5.41, 5.74) is 1.79. The number of alkyl halides is 3. The molecule has 12 heteroatoms. The lowest BCUT2D eigenvalue weighted by Crippen LogP contribution is -2.41. The van der Waals surface area contributed by atoms with Gasteiger partial charge in [-0.05, 0) is 108 Å². The maximum Gasteiger partial charge on any atom is 0.421 e. The molecule has 0 radical (unpaired) electrons. The van der Waals surface area contributed by atoms with E-state index in [0.29, 0.717) is 43.1 Å². The van der Waals surface area contributed by atoms with Crippen LogP contribution in [0.5, 0.6) is 5.75 Å². The molecule has 1 saturated heterocycles. The number of nitrogens with one attached hydrogen (secondary N) is 2. The summed E-state index contributed by atoms with van der Waals surface area (Å²) in [6.45, 7) is 12.2. The predicted octanol–water partition coefficient (Wildman–Crippen LogP) is 8.22. The van der Waals surface area contributed by atoms with E-state index >= 15 is 0 Å². The van der Waals surface area contributed by atoms with Crippen molar-refractivity contribution >= 4 is 29.2 Å². The smallest absolute Gasteiger partial charge is 0.421 e. The van der Waals surface area contributed by atoms with Gasteiger partial charge in [0.1, 0.15) is 22.7 Å². The molecule has 0 spiro atoms. The van der Waals surface area contributed by atoms with Crippen LogP contribution in [0.1, 0.15) is 88.5 Å². The Bertz CT molecular complexity index is 1590.